The summed E-state index contributed by atoms with van der Waals surface area (Å²) in [7, 11) is 1.75. The molecule has 0 spiro atoms. The largest absolute Gasteiger partial charge is 0.389 e. The van der Waals surface area contributed by atoms with Crippen LogP contribution < -0.4 is 11.1 Å². The van der Waals surface area contributed by atoms with Crippen LogP contribution in [0.4, 0.5) is 5.82 Å². The van der Waals surface area contributed by atoms with Crippen LogP contribution in [0.3, 0.4) is 0 Å². The molecule has 0 aliphatic heterocycles. The van der Waals surface area contributed by atoms with Gasteiger partial charge in [-0.05, 0) is 31.4 Å². The van der Waals surface area contributed by atoms with Crippen molar-refractivity contribution in [1.82, 2.24) is 4.98 Å². The molecule has 1 fully saturated rings. The number of nitrogens with one attached hydrogen (secondary N) is 1. The van der Waals surface area contributed by atoms with Crippen molar-refractivity contribution in [3.63, 3.8) is 0 Å². The van der Waals surface area contributed by atoms with Crippen molar-refractivity contribution in [3.05, 3.63) is 23.9 Å². The predicted octanol–water partition coefficient (Wildman–Crippen LogP) is 1.70. The van der Waals surface area contributed by atoms with Crippen LogP contribution in [-0.2, 0) is 4.74 Å². The number of hydrogen-bond acceptors (Lipinski definition) is 4. The second-order valence-electron chi connectivity index (χ2n) is 4.22. The Morgan fingerprint density at radius 2 is 2.41 bits per heavy atom. The number of rotatable bonds is 4. The highest BCUT2D eigenvalue weighted by atomic mass is 32.1. The molecule has 2 rings (SSSR count). The molecular weight excluding hydrogens is 234 g/mol. The van der Waals surface area contributed by atoms with Crippen LogP contribution in [-0.4, -0.2) is 29.2 Å². The second-order valence-corrected chi connectivity index (χ2v) is 4.66. The van der Waals surface area contributed by atoms with Gasteiger partial charge in [0.1, 0.15) is 10.8 Å². The van der Waals surface area contributed by atoms with E-state index >= 15 is 0 Å². The molecule has 5 heteroatoms. The molecule has 0 bridgehead atoms. The predicted molar refractivity (Wildman–Crippen MR) is 72.2 cm³/mol. The third-order valence-corrected chi connectivity index (χ3v) is 3.37. The maximum absolute atomic E-state index is 5.68. The minimum atomic E-state index is 0.246. The molecule has 0 saturated heterocycles. The third kappa shape index (κ3) is 2.73. The zero-order valence-electron chi connectivity index (χ0n) is 9.85. The monoisotopic (exact) mass is 251 g/mol. The van der Waals surface area contributed by atoms with E-state index in [0.717, 1.165) is 24.2 Å². The van der Waals surface area contributed by atoms with Crippen molar-refractivity contribution in [2.45, 2.75) is 31.4 Å². The molecule has 2 atom stereocenters. The maximum atomic E-state index is 5.68. The van der Waals surface area contributed by atoms with Gasteiger partial charge in [-0.3, -0.25) is 0 Å². The minimum Gasteiger partial charge on any atom is -0.389 e. The molecule has 3 N–H and O–H groups in total. The van der Waals surface area contributed by atoms with Gasteiger partial charge in [0, 0.05) is 13.3 Å². The molecular formula is C12H17N3OS. The van der Waals surface area contributed by atoms with Gasteiger partial charge >= 0.3 is 0 Å². The topological polar surface area (TPSA) is 60.2 Å². The van der Waals surface area contributed by atoms with Crippen LogP contribution in [0.15, 0.2) is 18.3 Å². The van der Waals surface area contributed by atoms with E-state index in [1.54, 1.807) is 13.3 Å². The highest BCUT2D eigenvalue weighted by Crippen LogP contribution is 2.25. The van der Waals surface area contributed by atoms with Gasteiger partial charge in [0.15, 0.2) is 0 Å². The van der Waals surface area contributed by atoms with E-state index in [9.17, 15) is 0 Å². The van der Waals surface area contributed by atoms with Gasteiger partial charge in [0.05, 0.1) is 17.7 Å². The van der Waals surface area contributed by atoms with Crippen LogP contribution in [0.5, 0.6) is 0 Å². The van der Waals surface area contributed by atoms with Crippen LogP contribution in [0.25, 0.3) is 0 Å². The summed E-state index contributed by atoms with van der Waals surface area (Å²) < 4.78 is 5.44. The molecule has 17 heavy (non-hydrogen) atoms. The summed E-state index contributed by atoms with van der Waals surface area (Å²) in [6.07, 6.45) is 5.33. The van der Waals surface area contributed by atoms with Crippen LogP contribution in [0.1, 0.15) is 24.8 Å². The average Bonchev–Trinajstić information content (AvgIpc) is 2.77. The lowest BCUT2D eigenvalue weighted by atomic mass is 10.2. The smallest absolute Gasteiger partial charge is 0.136 e. The Kier molecular flexibility index (Phi) is 3.91. The highest BCUT2D eigenvalue weighted by molar-refractivity contribution is 7.80. The molecule has 1 aromatic heterocycles. The first-order valence-corrected chi connectivity index (χ1v) is 6.17. The Hall–Kier alpha value is -1.20. The molecule has 1 aliphatic rings. The van der Waals surface area contributed by atoms with Gasteiger partial charge in [-0.15, -0.1) is 0 Å². The molecule has 0 radical (unpaired) electrons. The van der Waals surface area contributed by atoms with Crippen molar-refractivity contribution < 1.29 is 4.74 Å². The number of thiocarbonyl (C=S) groups is 1. The fourth-order valence-electron chi connectivity index (χ4n) is 2.27. The van der Waals surface area contributed by atoms with E-state index in [1.165, 1.54) is 6.42 Å². The number of nitrogens with two attached hydrogens (primary N) is 1. The average molecular weight is 251 g/mol. The zero-order valence-corrected chi connectivity index (χ0v) is 10.7. The Morgan fingerprint density at radius 1 is 1.59 bits per heavy atom. The lowest BCUT2D eigenvalue weighted by Gasteiger charge is -2.21. The van der Waals surface area contributed by atoms with Gasteiger partial charge < -0.3 is 15.8 Å². The first-order valence-electron chi connectivity index (χ1n) is 5.76. The molecule has 0 amide bonds. The molecule has 2 unspecified atom stereocenters. The first-order chi connectivity index (χ1) is 8.22. The quantitative estimate of drug-likeness (QED) is 0.798. The van der Waals surface area contributed by atoms with Gasteiger partial charge in [0.2, 0.25) is 0 Å². The molecule has 1 saturated carbocycles. The fraction of sp³-hybridized carbons (Fsp3) is 0.500. The SMILES string of the molecule is COC1CCCC1Nc1ncccc1C(N)=S. The molecule has 4 nitrogen and oxygen atoms in total. The normalized spacial score (nSPS) is 23.6. The summed E-state index contributed by atoms with van der Waals surface area (Å²) in [4.78, 5) is 4.67. The van der Waals surface area contributed by atoms with E-state index in [4.69, 9.17) is 22.7 Å². The Bertz CT molecular complexity index is 410. The van der Waals surface area contributed by atoms with E-state index < -0.39 is 0 Å². The number of ether oxygens (including phenoxy) is 1. The van der Waals surface area contributed by atoms with Crippen molar-refractivity contribution in [3.8, 4) is 0 Å². The molecule has 1 aliphatic carbocycles. The summed E-state index contributed by atoms with van der Waals surface area (Å²) in [6.45, 7) is 0. The lowest BCUT2D eigenvalue weighted by molar-refractivity contribution is 0.101. The molecule has 1 aromatic rings. The van der Waals surface area contributed by atoms with Gasteiger partial charge in [-0.25, -0.2) is 4.98 Å². The van der Waals surface area contributed by atoms with E-state index in [0.29, 0.717) is 11.0 Å². The summed E-state index contributed by atoms with van der Waals surface area (Å²) in [6, 6.07) is 4.01. The number of nitrogens with zero attached hydrogens (tertiary/aromatic N) is 1. The number of hydrogen-bond donors (Lipinski definition) is 2. The summed E-state index contributed by atoms with van der Waals surface area (Å²) in [5.74, 6) is 0.758. The maximum Gasteiger partial charge on any atom is 0.136 e. The highest BCUT2D eigenvalue weighted by Gasteiger charge is 2.27. The number of pyridine rings is 1. The van der Waals surface area contributed by atoms with Crippen LogP contribution in [0.2, 0.25) is 0 Å². The lowest BCUT2D eigenvalue weighted by Crippen LogP contribution is -2.31. The Labute approximate surface area is 107 Å². The number of aromatic nitrogens is 1. The van der Waals surface area contributed by atoms with Crippen LogP contribution in [0, 0.1) is 0 Å². The molecule has 0 aromatic carbocycles. The van der Waals surface area contributed by atoms with Crippen LogP contribution >= 0.6 is 12.2 Å². The number of anilines is 1. The Balaban J connectivity index is 2.15. The van der Waals surface area contributed by atoms with E-state index in [-0.39, 0.29) is 6.10 Å². The standard InChI is InChI=1S/C12H17N3OS/c1-16-10-6-2-5-9(10)15-12-8(11(13)17)4-3-7-14-12/h3-4,7,9-10H,2,5-6H2,1H3,(H2,13,17)(H,14,15). The van der Waals surface area contributed by atoms with E-state index in [1.807, 2.05) is 12.1 Å². The van der Waals surface area contributed by atoms with Gasteiger partial charge in [-0.2, -0.15) is 0 Å². The summed E-state index contributed by atoms with van der Waals surface area (Å²) in [5.41, 5.74) is 6.47. The summed E-state index contributed by atoms with van der Waals surface area (Å²) >= 11 is 5.01. The van der Waals surface area contributed by atoms with E-state index in [2.05, 4.69) is 10.3 Å². The fourth-order valence-corrected chi connectivity index (χ4v) is 2.43. The van der Waals surface area contributed by atoms with Gasteiger partial charge in [0.25, 0.3) is 0 Å². The van der Waals surface area contributed by atoms with Crippen molar-refractivity contribution in [1.29, 1.82) is 0 Å². The molecule has 1 heterocycles. The zero-order chi connectivity index (χ0) is 12.3. The number of methoxy groups -OCH3 is 1. The van der Waals surface area contributed by atoms with Crippen molar-refractivity contribution >= 4 is 23.0 Å². The van der Waals surface area contributed by atoms with Crippen molar-refractivity contribution in [2.24, 2.45) is 5.73 Å². The van der Waals surface area contributed by atoms with Crippen molar-refractivity contribution in [2.75, 3.05) is 12.4 Å². The summed E-state index contributed by atoms with van der Waals surface area (Å²) in [5, 5.41) is 3.39. The first kappa shape index (κ1) is 12.3. The second kappa shape index (κ2) is 5.42. The molecule has 92 valence electrons. The Morgan fingerprint density at radius 3 is 3.12 bits per heavy atom. The van der Waals surface area contributed by atoms with Gasteiger partial charge in [-0.1, -0.05) is 12.2 Å². The third-order valence-electron chi connectivity index (χ3n) is 3.15. The minimum absolute atomic E-state index is 0.246.